The first-order valence-electron chi connectivity index (χ1n) is 6.15. The van der Waals surface area contributed by atoms with E-state index in [0.717, 1.165) is 12.8 Å². The molecule has 5 nitrogen and oxygen atoms in total. The predicted molar refractivity (Wildman–Crippen MR) is 63.1 cm³/mol. The summed E-state index contributed by atoms with van der Waals surface area (Å²) in [7, 11) is 1.29. The highest BCUT2D eigenvalue weighted by Crippen LogP contribution is 2.35. The van der Waals surface area contributed by atoms with Gasteiger partial charge in [-0.2, -0.15) is 0 Å². The Balaban J connectivity index is 2.11. The standard InChI is InChI=1S/C13H18O5/c1-3-9-8(6-7-17-9)12(14)10-4-5-11(18-10)13(15)16-2/h4-5,8-9,12,14H,3,6-7H2,1-2H3. The van der Waals surface area contributed by atoms with Crippen molar-refractivity contribution in [1.82, 2.24) is 0 Å². The van der Waals surface area contributed by atoms with Gasteiger partial charge in [-0.05, 0) is 25.0 Å². The Kier molecular flexibility index (Phi) is 4.04. The Morgan fingerprint density at radius 3 is 3.06 bits per heavy atom. The summed E-state index contributed by atoms with van der Waals surface area (Å²) in [6.45, 7) is 2.68. The van der Waals surface area contributed by atoms with Gasteiger partial charge in [0, 0.05) is 12.5 Å². The van der Waals surface area contributed by atoms with Gasteiger partial charge in [-0.25, -0.2) is 4.79 Å². The SMILES string of the molecule is CCC1OCCC1C(O)c1ccc(C(=O)OC)o1. The molecular weight excluding hydrogens is 236 g/mol. The van der Waals surface area contributed by atoms with Crippen molar-refractivity contribution in [3.63, 3.8) is 0 Å². The van der Waals surface area contributed by atoms with Gasteiger partial charge in [0.15, 0.2) is 0 Å². The molecule has 0 saturated carbocycles. The van der Waals surface area contributed by atoms with Crippen molar-refractivity contribution >= 4 is 5.97 Å². The zero-order valence-electron chi connectivity index (χ0n) is 10.6. The van der Waals surface area contributed by atoms with Crippen LogP contribution < -0.4 is 0 Å². The fraction of sp³-hybridized carbons (Fsp3) is 0.615. The van der Waals surface area contributed by atoms with Crippen LogP contribution in [-0.2, 0) is 9.47 Å². The lowest BCUT2D eigenvalue weighted by Gasteiger charge is -2.20. The van der Waals surface area contributed by atoms with Gasteiger partial charge in [-0.1, -0.05) is 6.92 Å². The molecule has 0 aliphatic carbocycles. The quantitative estimate of drug-likeness (QED) is 0.831. The first kappa shape index (κ1) is 13.1. The molecule has 0 aromatic carbocycles. The molecule has 0 radical (unpaired) electrons. The molecule has 1 aliphatic heterocycles. The lowest BCUT2D eigenvalue weighted by atomic mass is 9.92. The second kappa shape index (κ2) is 5.54. The van der Waals surface area contributed by atoms with Crippen LogP contribution in [0, 0.1) is 5.92 Å². The summed E-state index contributed by atoms with van der Waals surface area (Å²) in [4.78, 5) is 11.3. The maximum Gasteiger partial charge on any atom is 0.373 e. The highest BCUT2D eigenvalue weighted by Gasteiger charge is 2.35. The van der Waals surface area contributed by atoms with Crippen molar-refractivity contribution in [1.29, 1.82) is 0 Å². The van der Waals surface area contributed by atoms with E-state index < -0.39 is 12.1 Å². The largest absolute Gasteiger partial charge is 0.463 e. The summed E-state index contributed by atoms with van der Waals surface area (Å²) < 4.78 is 15.4. The number of rotatable bonds is 4. The van der Waals surface area contributed by atoms with Crippen molar-refractivity contribution in [2.45, 2.75) is 32.0 Å². The molecule has 5 heteroatoms. The molecule has 2 rings (SSSR count). The second-order valence-electron chi connectivity index (χ2n) is 4.41. The summed E-state index contributed by atoms with van der Waals surface area (Å²) in [6.07, 6.45) is 0.961. The van der Waals surface area contributed by atoms with E-state index in [-0.39, 0.29) is 17.8 Å². The average Bonchev–Trinajstić information content (AvgIpc) is 3.05. The molecule has 1 fully saturated rings. The molecule has 2 heterocycles. The summed E-state index contributed by atoms with van der Waals surface area (Å²) in [5.41, 5.74) is 0. The maximum atomic E-state index is 11.3. The van der Waals surface area contributed by atoms with Gasteiger partial charge in [0.25, 0.3) is 0 Å². The average molecular weight is 254 g/mol. The number of methoxy groups -OCH3 is 1. The highest BCUT2D eigenvalue weighted by atomic mass is 16.5. The Labute approximate surface area is 106 Å². The number of aliphatic hydroxyl groups excluding tert-OH is 1. The number of hydrogen-bond donors (Lipinski definition) is 1. The summed E-state index contributed by atoms with van der Waals surface area (Å²) in [6, 6.07) is 3.13. The fourth-order valence-corrected chi connectivity index (χ4v) is 2.38. The fourth-order valence-electron chi connectivity index (χ4n) is 2.38. The first-order chi connectivity index (χ1) is 8.67. The van der Waals surface area contributed by atoms with E-state index in [1.807, 2.05) is 6.92 Å². The third-order valence-corrected chi connectivity index (χ3v) is 3.37. The van der Waals surface area contributed by atoms with E-state index in [0.29, 0.717) is 12.4 Å². The van der Waals surface area contributed by atoms with Crippen LogP contribution in [0.15, 0.2) is 16.5 Å². The second-order valence-corrected chi connectivity index (χ2v) is 4.41. The van der Waals surface area contributed by atoms with E-state index in [2.05, 4.69) is 4.74 Å². The van der Waals surface area contributed by atoms with Crippen molar-refractivity contribution in [3.05, 3.63) is 23.7 Å². The van der Waals surface area contributed by atoms with Crippen molar-refractivity contribution < 1.29 is 23.8 Å². The lowest BCUT2D eigenvalue weighted by molar-refractivity contribution is 0.0198. The third-order valence-electron chi connectivity index (χ3n) is 3.37. The van der Waals surface area contributed by atoms with Crippen LogP contribution in [0.2, 0.25) is 0 Å². The van der Waals surface area contributed by atoms with Gasteiger partial charge in [-0.3, -0.25) is 0 Å². The van der Waals surface area contributed by atoms with Crippen LogP contribution in [0.5, 0.6) is 0 Å². The third kappa shape index (κ3) is 2.42. The lowest BCUT2D eigenvalue weighted by Crippen LogP contribution is -2.21. The van der Waals surface area contributed by atoms with E-state index in [4.69, 9.17) is 9.15 Å². The van der Waals surface area contributed by atoms with Crippen molar-refractivity contribution in [2.75, 3.05) is 13.7 Å². The highest BCUT2D eigenvalue weighted by molar-refractivity contribution is 5.86. The van der Waals surface area contributed by atoms with Gasteiger partial charge < -0.3 is 19.0 Å². The van der Waals surface area contributed by atoms with Crippen LogP contribution in [0.4, 0.5) is 0 Å². The van der Waals surface area contributed by atoms with Crippen molar-refractivity contribution in [3.8, 4) is 0 Å². The summed E-state index contributed by atoms with van der Waals surface area (Å²) in [5, 5.41) is 10.3. The van der Waals surface area contributed by atoms with Gasteiger partial charge in [0.05, 0.1) is 13.2 Å². The van der Waals surface area contributed by atoms with E-state index >= 15 is 0 Å². The molecule has 1 aliphatic rings. The molecule has 1 saturated heterocycles. The smallest absolute Gasteiger partial charge is 0.373 e. The maximum absolute atomic E-state index is 11.3. The molecular formula is C13H18O5. The molecule has 0 spiro atoms. The molecule has 1 aromatic rings. The topological polar surface area (TPSA) is 68.9 Å². The predicted octanol–water partition coefficient (Wildman–Crippen LogP) is 1.91. The van der Waals surface area contributed by atoms with E-state index in [1.165, 1.54) is 13.2 Å². The van der Waals surface area contributed by atoms with Crippen LogP contribution >= 0.6 is 0 Å². The molecule has 18 heavy (non-hydrogen) atoms. The molecule has 1 aromatic heterocycles. The Morgan fingerprint density at radius 1 is 1.61 bits per heavy atom. The molecule has 3 unspecified atom stereocenters. The molecule has 100 valence electrons. The zero-order valence-corrected chi connectivity index (χ0v) is 10.6. The summed E-state index contributed by atoms with van der Waals surface area (Å²) >= 11 is 0. The number of aliphatic hydroxyl groups is 1. The zero-order chi connectivity index (χ0) is 13.1. The minimum Gasteiger partial charge on any atom is -0.463 e. The van der Waals surface area contributed by atoms with E-state index in [1.54, 1.807) is 6.07 Å². The molecule has 1 N–H and O–H groups in total. The van der Waals surface area contributed by atoms with E-state index in [9.17, 15) is 9.90 Å². The number of furan rings is 1. The Morgan fingerprint density at radius 2 is 2.39 bits per heavy atom. The van der Waals surface area contributed by atoms with Gasteiger partial charge in [0.2, 0.25) is 5.76 Å². The minimum absolute atomic E-state index is 0.0200. The van der Waals surface area contributed by atoms with Crippen LogP contribution in [0.25, 0.3) is 0 Å². The number of ether oxygens (including phenoxy) is 2. The number of esters is 1. The normalized spacial score (nSPS) is 25.1. The molecule has 3 atom stereocenters. The number of carbonyl (C=O) groups is 1. The van der Waals surface area contributed by atoms with Crippen LogP contribution in [-0.4, -0.2) is 30.9 Å². The first-order valence-corrected chi connectivity index (χ1v) is 6.15. The molecule has 0 amide bonds. The summed E-state index contributed by atoms with van der Waals surface area (Å²) in [5.74, 6) is -0.0160. The monoisotopic (exact) mass is 254 g/mol. The van der Waals surface area contributed by atoms with Gasteiger partial charge >= 0.3 is 5.97 Å². The van der Waals surface area contributed by atoms with Crippen LogP contribution in [0.3, 0.4) is 0 Å². The van der Waals surface area contributed by atoms with Crippen LogP contribution in [0.1, 0.15) is 42.2 Å². The molecule has 0 bridgehead atoms. The number of hydrogen-bond acceptors (Lipinski definition) is 5. The van der Waals surface area contributed by atoms with Gasteiger partial charge in [-0.15, -0.1) is 0 Å². The Hall–Kier alpha value is -1.33. The van der Waals surface area contributed by atoms with Gasteiger partial charge in [0.1, 0.15) is 11.9 Å². The Bertz CT molecular complexity index is 411. The minimum atomic E-state index is -0.740. The van der Waals surface area contributed by atoms with Crippen molar-refractivity contribution in [2.24, 2.45) is 5.92 Å². The number of carbonyl (C=O) groups excluding carboxylic acids is 1.